The number of nitrogens with one attached hydrogen (secondary N) is 1. The second-order valence-electron chi connectivity index (χ2n) is 5.55. The zero-order valence-corrected chi connectivity index (χ0v) is 14.4. The molecule has 3 nitrogen and oxygen atoms in total. The van der Waals surface area contributed by atoms with Crippen LogP contribution in [0.2, 0.25) is 0 Å². The molecular formula is C16H20N3P2+. The van der Waals surface area contributed by atoms with Crippen molar-refractivity contribution < 1.29 is 4.74 Å². The summed E-state index contributed by atoms with van der Waals surface area (Å²) in [6.45, 7) is 6.48. The Bertz CT molecular complexity index is 743. The minimum absolute atomic E-state index is 1.00. The van der Waals surface area contributed by atoms with Crippen LogP contribution < -0.4 is 15.4 Å². The van der Waals surface area contributed by atoms with Crippen molar-refractivity contribution in [3.63, 3.8) is 0 Å². The fraction of sp³-hybridized carbons (Fsp3) is 0.188. The molecule has 0 aliphatic carbocycles. The van der Waals surface area contributed by atoms with Crippen LogP contribution in [-0.4, -0.2) is 19.2 Å². The minimum Gasteiger partial charge on any atom is -0.246 e. The summed E-state index contributed by atoms with van der Waals surface area (Å²) in [4.78, 5) is 0. The fourth-order valence-corrected chi connectivity index (χ4v) is 9.50. The third kappa shape index (κ3) is 2.81. The van der Waals surface area contributed by atoms with E-state index in [-0.39, 0.29) is 0 Å². The Morgan fingerprint density at radius 2 is 1.29 bits per heavy atom. The first-order chi connectivity index (χ1) is 10.0. The average Bonchev–Trinajstić information content (AvgIpc) is 2.47. The van der Waals surface area contributed by atoms with Gasteiger partial charge in [0.1, 0.15) is 7.21 Å². The van der Waals surface area contributed by atoms with Crippen molar-refractivity contribution >= 4 is 30.9 Å². The van der Waals surface area contributed by atoms with E-state index < -0.39 is 14.4 Å². The highest BCUT2D eigenvalue weighted by molar-refractivity contribution is 7.85. The first kappa shape index (κ1) is 14.5. The van der Waals surface area contributed by atoms with Crippen molar-refractivity contribution in [1.29, 1.82) is 0 Å². The van der Waals surface area contributed by atoms with E-state index in [1.54, 1.807) is 0 Å². The van der Waals surface area contributed by atoms with E-state index in [2.05, 4.69) is 73.5 Å². The van der Waals surface area contributed by atoms with Gasteiger partial charge < -0.3 is 0 Å². The van der Waals surface area contributed by atoms with E-state index in [1.807, 2.05) is 12.1 Å². The quantitative estimate of drug-likeness (QED) is 0.828. The monoisotopic (exact) mass is 316 g/mol. The predicted molar refractivity (Wildman–Crippen MR) is 94.3 cm³/mol. The smallest absolute Gasteiger partial charge is 0.246 e. The molecule has 2 aromatic carbocycles. The van der Waals surface area contributed by atoms with Crippen LogP contribution in [0.15, 0.2) is 69.9 Å². The molecule has 21 heavy (non-hydrogen) atoms. The van der Waals surface area contributed by atoms with Gasteiger partial charge in [-0.05, 0) is 29.0 Å². The molecule has 0 amide bonds. The fourth-order valence-electron chi connectivity index (χ4n) is 2.64. The number of nitrogens with zero attached hydrogens (tertiary/aromatic N) is 2. The van der Waals surface area contributed by atoms with Gasteiger partial charge >= 0.3 is 0 Å². The van der Waals surface area contributed by atoms with Crippen molar-refractivity contribution in [2.24, 2.45) is 9.28 Å². The lowest BCUT2D eigenvalue weighted by Gasteiger charge is -2.21. The van der Waals surface area contributed by atoms with Gasteiger partial charge in [-0.1, -0.05) is 36.4 Å². The van der Waals surface area contributed by atoms with E-state index in [0.717, 1.165) is 5.84 Å². The van der Waals surface area contributed by atoms with Crippen LogP contribution in [0.5, 0.6) is 0 Å². The van der Waals surface area contributed by atoms with E-state index in [9.17, 15) is 0 Å². The predicted octanol–water partition coefficient (Wildman–Crippen LogP) is 2.64. The average molecular weight is 316 g/mol. The summed E-state index contributed by atoms with van der Waals surface area (Å²) in [7, 11) is -3.62. The summed E-state index contributed by atoms with van der Waals surface area (Å²) < 4.78 is 13.8. The molecule has 1 aliphatic heterocycles. The Hall–Kier alpha value is -1.43. The minimum atomic E-state index is -2.07. The Morgan fingerprint density at radius 1 is 0.810 bits per heavy atom. The molecule has 0 unspecified atom stereocenters. The van der Waals surface area contributed by atoms with Crippen LogP contribution in [0.25, 0.3) is 0 Å². The van der Waals surface area contributed by atoms with Gasteiger partial charge in [-0.2, -0.15) is 4.52 Å². The van der Waals surface area contributed by atoms with Crippen molar-refractivity contribution in [3.8, 4) is 0 Å². The third-order valence-electron chi connectivity index (χ3n) is 3.32. The van der Waals surface area contributed by atoms with Crippen molar-refractivity contribution in [1.82, 2.24) is 0 Å². The Labute approximate surface area is 126 Å². The van der Waals surface area contributed by atoms with E-state index in [4.69, 9.17) is 9.28 Å². The van der Waals surface area contributed by atoms with Crippen LogP contribution in [0.4, 0.5) is 0 Å². The molecule has 1 heterocycles. The molecule has 1 N–H and O–H groups in total. The van der Waals surface area contributed by atoms with Gasteiger partial charge in [0.05, 0.1) is 0 Å². The maximum Gasteiger partial charge on any atom is 0.290 e. The highest BCUT2D eigenvalue weighted by atomic mass is 31.2. The van der Waals surface area contributed by atoms with Gasteiger partial charge in [-0.15, -0.1) is 0 Å². The molecular weight excluding hydrogens is 296 g/mol. The van der Waals surface area contributed by atoms with Crippen LogP contribution in [0.3, 0.4) is 0 Å². The van der Waals surface area contributed by atoms with Crippen molar-refractivity contribution in [2.45, 2.75) is 6.92 Å². The molecule has 0 aromatic heterocycles. The van der Waals surface area contributed by atoms with E-state index in [1.165, 1.54) is 10.6 Å². The zero-order chi connectivity index (χ0) is 14.9. The van der Waals surface area contributed by atoms with Gasteiger partial charge in [-0.3, -0.25) is 0 Å². The van der Waals surface area contributed by atoms with Crippen molar-refractivity contribution in [2.75, 3.05) is 13.3 Å². The normalized spacial score (nSPS) is 19.1. The summed E-state index contributed by atoms with van der Waals surface area (Å²) in [5.41, 5.74) is 0. The number of benzene rings is 2. The Kier molecular flexibility index (Phi) is 3.73. The first-order valence-electron chi connectivity index (χ1n) is 6.96. The lowest BCUT2D eigenvalue weighted by molar-refractivity contribution is -0.292. The molecule has 5 heteroatoms. The van der Waals surface area contributed by atoms with E-state index >= 15 is 0 Å². The number of hydrogen-bond acceptors (Lipinski definition) is 2. The molecule has 108 valence electrons. The molecule has 0 saturated heterocycles. The van der Waals surface area contributed by atoms with Gasteiger partial charge in [-0.25, -0.2) is 4.74 Å². The molecule has 0 fully saturated rings. The standard InChI is InChI=1S/C16H19N3P2/c1-14-17-20(2,3)19-21(18-14,15-10-6-4-7-11-15)16-12-8-5-9-13-16/h4-13H,1-3H3/p+1. The zero-order valence-electron chi connectivity index (χ0n) is 12.6. The molecule has 0 atom stereocenters. The summed E-state index contributed by atoms with van der Waals surface area (Å²) in [6, 6.07) is 21.0. The summed E-state index contributed by atoms with van der Waals surface area (Å²) in [6.07, 6.45) is 0. The Balaban J connectivity index is 2.39. The summed E-state index contributed by atoms with van der Waals surface area (Å²) >= 11 is 0. The van der Waals surface area contributed by atoms with Gasteiger partial charge in [0.15, 0.2) is 0 Å². The van der Waals surface area contributed by atoms with Crippen LogP contribution in [0, 0.1) is 0 Å². The number of hydrogen-bond donors (Lipinski definition) is 1. The van der Waals surface area contributed by atoms with Gasteiger partial charge in [0.2, 0.25) is 7.21 Å². The second kappa shape index (κ2) is 5.40. The number of rotatable bonds is 2. The van der Waals surface area contributed by atoms with Crippen LogP contribution >= 0.6 is 14.4 Å². The van der Waals surface area contributed by atoms with Gasteiger partial charge in [0.25, 0.3) is 5.84 Å². The summed E-state index contributed by atoms with van der Waals surface area (Å²) in [5.74, 6) is 1.00. The SMILES string of the molecule is CC1=NP(c2ccccc2)(c2ccccc2)=NP(C)(C)=[NH+]1. The largest absolute Gasteiger partial charge is 0.290 e. The molecule has 3 rings (SSSR count). The maximum absolute atomic E-state index is 5.26. The molecule has 0 saturated carbocycles. The lowest BCUT2D eigenvalue weighted by atomic mass is 10.4. The Morgan fingerprint density at radius 3 is 1.71 bits per heavy atom. The first-order valence-corrected chi connectivity index (χ1v) is 11.3. The molecule has 0 bridgehead atoms. The van der Waals surface area contributed by atoms with Crippen LogP contribution in [-0.2, 0) is 0 Å². The van der Waals surface area contributed by atoms with Crippen LogP contribution in [0.1, 0.15) is 6.92 Å². The molecule has 1 aliphatic rings. The topological polar surface area (TPSA) is 38.7 Å². The second-order valence-corrected chi connectivity index (χ2v) is 11.7. The van der Waals surface area contributed by atoms with Gasteiger partial charge in [0, 0.05) is 30.9 Å². The number of amidine groups is 1. The summed E-state index contributed by atoms with van der Waals surface area (Å²) in [5, 5.41) is 2.45. The van der Waals surface area contributed by atoms with E-state index in [0.29, 0.717) is 0 Å². The lowest BCUT2D eigenvalue weighted by Crippen LogP contribution is -2.70. The molecule has 0 radical (unpaired) electrons. The maximum atomic E-state index is 5.26. The molecule has 2 aromatic rings. The van der Waals surface area contributed by atoms with Crippen molar-refractivity contribution in [3.05, 3.63) is 60.7 Å². The molecule has 0 spiro atoms. The third-order valence-corrected chi connectivity index (χ3v) is 9.64. The highest BCUT2D eigenvalue weighted by Crippen LogP contribution is 2.58. The highest BCUT2D eigenvalue weighted by Gasteiger charge is 2.35.